The summed E-state index contributed by atoms with van der Waals surface area (Å²) in [6.45, 7) is 4.11. The Kier molecular flexibility index (Phi) is 9.34. The summed E-state index contributed by atoms with van der Waals surface area (Å²) in [6.07, 6.45) is -0.877. The molecule has 0 aliphatic heterocycles. The summed E-state index contributed by atoms with van der Waals surface area (Å²) in [7, 11) is 0. The second-order valence-corrected chi connectivity index (χ2v) is 3.36. The highest BCUT2D eigenvalue weighted by Crippen LogP contribution is 1.97. The normalized spacial score (nSPS) is 9.44. The summed E-state index contributed by atoms with van der Waals surface area (Å²) in [4.78, 5) is 32.6. The van der Waals surface area contributed by atoms with Crippen LogP contribution in [0.2, 0.25) is 0 Å². The molecular weight excluding hydrogens is 244 g/mol. The predicted octanol–water partition coefficient (Wildman–Crippen LogP) is 3.01. The SMILES string of the molecule is CCCCOC(=O)OC(=O)OC(=O)OCCCC. The zero-order valence-corrected chi connectivity index (χ0v) is 10.6. The van der Waals surface area contributed by atoms with Crippen molar-refractivity contribution >= 4 is 18.5 Å². The Balaban J connectivity index is 3.68. The predicted molar refractivity (Wildman–Crippen MR) is 60.1 cm³/mol. The monoisotopic (exact) mass is 262 g/mol. The van der Waals surface area contributed by atoms with E-state index in [1.807, 2.05) is 13.8 Å². The largest absolute Gasteiger partial charge is 0.528 e. The maximum absolute atomic E-state index is 10.9. The maximum Gasteiger partial charge on any atom is 0.528 e. The average Bonchev–Trinajstić information content (AvgIpc) is 2.29. The van der Waals surface area contributed by atoms with Gasteiger partial charge >= 0.3 is 18.5 Å². The fraction of sp³-hybridized carbons (Fsp3) is 0.727. The Labute approximate surface area is 105 Å². The first-order valence-corrected chi connectivity index (χ1v) is 5.83. The molecular formula is C11H18O7. The number of carbonyl (C=O) groups excluding carboxylic acids is 3. The third-order valence-electron chi connectivity index (χ3n) is 1.77. The lowest BCUT2D eigenvalue weighted by atomic mass is 10.4. The van der Waals surface area contributed by atoms with Gasteiger partial charge in [0.15, 0.2) is 0 Å². The van der Waals surface area contributed by atoms with Gasteiger partial charge in [-0.15, -0.1) is 0 Å². The fourth-order valence-corrected chi connectivity index (χ4v) is 0.816. The van der Waals surface area contributed by atoms with Crippen molar-refractivity contribution in [2.45, 2.75) is 39.5 Å². The van der Waals surface area contributed by atoms with Crippen molar-refractivity contribution in [2.75, 3.05) is 13.2 Å². The van der Waals surface area contributed by atoms with Gasteiger partial charge in [0.25, 0.3) is 0 Å². The van der Waals surface area contributed by atoms with Crippen LogP contribution in [0.15, 0.2) is 0 Å². The van der Waals surface area contributed by atoms with Gasteiger partial charge in [-0.05, 0) is 12.8 Å². The molecule has 0 rings (SSSR count). The van der Waals surface area contributed by atoms with Gasteiger partial charge in [-0.1, -0.05) is 26.7 Å². The van der Waals surface area contributed by atoms with Crippen LogP contribution in [-0.4, -0.2) is 31.7 Å². The molecule has 104 valence electrons. The molecule has 0 saturated carbocycles. The number of rotatable bonds is 6. The first-order valence-electron chi connectivity index (χ1n) is 5.83. The summed E-state index contributed by atoms with van der Waals surface area (Å²) in [5.41, 5.74) is 0. The molecule has 0 aliphatic carbocycles. The lowest BCUT2D eigenvalue weighted by molar-refractivity contribution is 0.0278. The molecule has 0 spiro atoms. The van der Waals surface area contributed by atoms with E-state index in [0.717, 1.165) is 12.8 Å². The minimum absolute atomic E-state index is 0.142. The Morgan fingerprint density at radius 3 is 1.44 bits per heavy atom. The topological polar surface area (TPSA) is 88.1 Å². The Morgan fingerprint density at radius 1 is 0.722 bits per heavy atom. The molecule has 0 unspecified atom stereocenters. The molecule has 7 nitrogen and oxygen atoms in total. The van der Waals surface area contributed by atoms with E-state index in [9.17, 15) is 14.4 Å². The van der Waals surface area contributed by atoms with Gasteiger partial charge in [0, 0.05) is 0 Å². The van der Waals surface area contributed by atoms with Crippen molar-refractivity contribution in [3.63, 3.8) is 0 Å². The van der Waals surface area contributed by atoms with Gasteiger partial charge in [-0.2, -0.15) is 0 Å². The standard InChI is InChI=1S/C11H18O7/c1-3-5-7-15-9(12)17-11(14)18-10(13)16-8-6-4-2/h3-8H2,1-2H3. The zero-order valence-electron chi connectivity index (χ0n) is 10.6. The van der Waals surface area contributed by atoms with Gasteiger partial charge in [0.05, 0.1) is 13.2 Å². The number of hydrogen-bond acceptors (Lipinski definition) is 7. The molecule has 0 atom stereocenters. The van der Waals surface area contributed by atoms with Crippen LogP contribution in [-0.2, 0) is 18.9 Å². The summed E-state index contributed by atoms with van der Waals surface area (Å²) in [6, 6.07) is 0. The Hall–Kier alpha value is -1.79. The van der Waals surface area contributed by atoms with Crippen molar-refractivity contribution in [3.8, 4) is 0 Å². The van der Waals surface area contributed by atoms with E-state index < -0.39 is 18.5 Å². The van der Waals surface area contributed by atoms with Crippen LogP contribution in [0.4, 0.5) is 14.4 Å². The van der Waals surface area contributed by atoms with E-state index in [1.54, 1.807) is 0 Å². The minimum Gasteiger partial charge on any atom is -0.434 e. The third-order valence-corrected chi connectivity index (χ3v) is 1.77. The van der Waals surface area contributed by atoms with Gasteiger partial charge < -0.3 is 18.9 Å². The van der Waals surface area contributed by atoms with Crippen molar-refractivity contribution in [1.82, 2.24) is 0 Å². The first-order chi connectivity index (χ1) is 8.60. The van der Waals surface area contributed by atoms with Gasteiger partial charge in [0.2, 0.25) is 0 Å². The molecule has 0 aliphatic rings. The highest BCUT2D eigenvalue weighted by Gasteiger charge is 2.18. The summed E-state index contributed by atoms with van der Waals surface area (Å²) < 4.78 is 17.1. The number of unbranched alkanes of at least 4 members (excludes halogenated alkanes) is 2. The molecule has 0 N–H and O–H groups in total. The molecule has 0 amide bonds. The fourth-order valence-electron chi connectivity index (χ4n) is 0.816. The second-order valence-electron chi connectivity index (χ2n) is 3.36. The molecule has 0 saturated heterocycles. The van der Waals surface area contributed by atoms with E-state index in [0.29, 0.717) is 12.8 Å². The van der Waals surface area contributed by atoms with Gasteiger partial charge in [-0.25, -0.2) is 14.4 Å². The van der Waals surface area contributed by atoms with Crippen molar-refractivity contribution in [2.24, 2.45) is 0 Å². The number of ether oxygens (including phenoxy) is 4. The molecule has 18 heavy (non-hydrogen) atoms. The van der Waals surface area contributed by atoms with E-state index >= 15 is 0 Å². The smallest absolute Gasteiger partial charge is 0.434 e. The van der Waals surface area contributed by atoms with Crippen LogP contribution >= 0.6 is 0 Å². The molecule has 0 aromatic carbocycles. The summed E-state index contributed by atoms with van der Waals surface area (Å²) in [5, 5.41) is 0. The van der Waals surface area contributed by atoms with Crippen molar-refractivity contribution in [1.29, 1.82) is 0 Å². The quantitative estimate of drug-likeness (QED) is 0.413. The van der Waals surface area contributed by atoms with Crippen LogP contribution < -0.4 is 0 Å². The van der Waals surface area contributed by atoms with Crippen LogP contribution in [0.1, 0.15) is 39.5 Å². The summed E-state index contributed by atoms with van der Waals surface area (Å²) >= 11 is 0. The average molecular weight is 262 g/mol. The molecule has 0 bridgehead atoms. The highest BCUT2D eigenvalue weighted by molar-refractivity contribution is 5.83. The van der Waals surface area contributed by atoms with Crippen LogP contribution in [0.3, 0.4) is 0 Å². The van der Waals surface area contributed by atoms with E-state index in [-0.39, 0.29) is 13.2 Å². The van der Waals surface area contributed by atoms with E-state index in [4.69, 9.17) is 0 Å². The van der Waals surface area contributed by atoms with Crippen LogP contribution in [0.5, 0.6) is 0 Å². The molecule has 7 heteroatoms. The van der Waals surface area contributed by atoms with E-state index in [1.165, 1.54) is 0 Å². The van der Waals surface area contributed by atoms with Gasteiger partial charge in [-0.3, -0.25) is 0 Å². The Bertz CT molecular complexity index is 249. The van der Waals surface area contributed by atoms with Crippen molar-refractivity contribution in [3.05, 3.63) is 0 Å². The molecule has 0 aromatic heterocycles. The number of hydrogen-bond donors (Lipinski definition) is 0. The lowest BCUT2D eigenvalue weighted by Gasteiger charge is -2.04. The second kappa shape index (κ2) is 10.4. The zero-order chi connectivity index (χ0) is 13.8. The summed E-state index contributed by atoms with van der Waals surface area (Å²) in [5.74, 6) is 0. The first kappa shape index (κ1) is 16.2. The minimum atomic E-state index is -1.46. The number of carbonyl (C=O) groups is 3. The molecule has 0 heterocycles. The highest BCUT2D eigenvalue weighted by atomic mass is 16.9. The lowest BCUT2D eigenvalue weighted by Crippen LogP contribution is -2.19. The van der Waals surface area contributed by atoms with Crippen LogP contribution in [0, 0.1) is 0 Å². The van der Waals surface area contributed by atoms with Gasteiger partial charge in [0.1, 0.15) is 0 Å². The van der Waals surface area contributed by atoms with Crippen molar-refractivity contribution < 1.29 is 33.3 Å². The third kappa shape index (κ3) is 9.44. The molecule has 0 aromatic rings. The molecule has 0 fully saturated rings. The maximum atomic E-state index is 10.9. The molecule has 0 radical (unpaired) electrons. The van der Waals surface area contributed by atoms with Crippen LogP contribution in [0.25, 0.3) is 0 Å². The Morgan fingerprint density at radius 2 is 1.11 bits per heavy atom. The van der Waals surface area contributed by atoms with E-state index in [2.05, 4.69) is 18.9 Å².